The van der Waals surface area contributed by atoms with E-state index in [1.165, 1.54) is 11.8 Å². The molecular weight excluding hydrogens is 239 g/mol. The van der Waals surface area contributed by atoms with Gasteiger partial charge in [0.25, 0.3) is 0 Å². The molecule has 0 aliphatic heterocycles. The van der Waals surface area contributed by atoms with Crippen LogP contribution in [0.1, 0.15) is 17.3 Å². The predicted octanol–water partition coefficient (Wildman–Crippen LogP) is 3.87. The Kier molecular flexibility index (Phi) is 4.30. The monoisotopic (exact) mass is 248 g/mol. The Morgan fingerprint density at radius 3 is 2.64 bits per heavy atom. The van der Waals surface area contributed by atoms with Crippen molar-refractivity contribution in [2.75, 3.05) is 6.26 Å². The van der Waals surface area contributed by atoms with E-state index in [0.29, 0.717) is 10.6 Å². The molecule has 0 aliphatic rings. The summed E-state index contributed by atoms with van der Waals surface area (Å²) >= 11 is 13.1. The number of carbonyl (C=O) groups excluding carboxylic acids is 1. The lowest BCUT2D eigenvalue weighted by Gasteiger charge is -2.07. The lowest BCUT2D eigenvalue weighted by Crippen LogP contribution is -2.11. The lowest BCUT2D eigenvalue weighted by atomic mass is 10.1. The van der Waals surface area contributed by atoms with E-state index < -0.39 is 5.38 Å². The minimum absolute atomic E-state index is 0.0847. The van der Waals surface area contributed by atoms with E-state index in [0.717, 1.165) is 4.90 Å². The van der Waals surface area contributed by atoms with Crippen LogP contribution >= 0.6 is 35.0 Å². The van der Waals surface area contributed by atoms with Crippen LogP contribution in [0.15, 0.2) is 23.1 Å². The molecule has 0 saturated heterocycles. The highest BCUT2D eigenvalue weighted by atomic mass is 35.5. The van der Waals surface area contributed by atoms with Gasteiger partial charge in [-0.2, -0.15) is 0 Å². The Labute approximate surface area is 97.8 Å². The number of halogens is 2. The van der Waals surface area contributed by atoms with Gasteiger partial charge in [-0.05, 0) is 31.4 Å². The summed E-state index contributed by atoms with van der Waals surface area (Å²) in [6.07, 6.45) is 1.92. The smallest absolute Gasteiger partial charge is 0.181 e. The quantitative estimate of drug-likeness (QED) is 0.459. The highest BCUT2D eigenvalue weighted by Gasteiger charge is 2.16. The number of carbonyl (C=O) groups is 1. The molecule has 0 saturated carbocycles. The first-order valence-electron chi connectivity index (χ1n) is 4.08. The van der Waals surface area contributed by atoms with Gasteiger partial charge < -0.3 is 0 Å². The standard InChI is InChI=1S/C10H10Cl2OS/c1-6(11)10(13)8-5-7(12)3-4-9(8)14-2/h3-6H,1-2H3. The largest absolute Gasteiger partial charge is 0.292 e. The fraction of sp³-hybridized carbons (Fsp3) is 0.300. The van der Waals surface area contributed by atoms with Gasteiger partial charge in [-0.3, -0.25) is 4.79 Å². The van der Waals surface area contributed by atoms with Crippen LogP contribution in [-0.4, -0.2) is 17.4 Å². The molecular formula is C10H10Cl2OS. The van der Waals surface area contributed by atoms with Gasteiger partial charge in [-0.15, -0.1) is 23.4 Å². The normalized spacial score (nSPS) is 12.6. The van der Waals surface area contributed by atoms with Crippen molar-refractivity contribution in [2.45, 2.75) is 17.2 Å². The molecule has 1 rings (SSSR count). The topological polar surface area (TPSA) is 17.1 Å². The van der Waals surface area contributed by atoms with Crippen molar-refractivity contribution in [1.29, 1.82) is 0 Å². The number of alkyl halides is 1. The van der Waals surface area contributed by atoms with Crippen LogP contribution in [0.5, 0.6) is 0 Å². The fourth-order valence-electron chi connectivity index (χ4n) is 1.09. The first kappa shape index (κ1) is 11.9. The number of rotatable bonds is 3. The van der Waals surface area contributed by atoms with Gasteiger partial charge in [0.1, 0.15) is 0 Å². The fourth-order valence-corrected chi connectivity index (χ4v) is 1.96. The van der Waals surface area contributed by atoms with Gasteiger partial charge >= 0.3 is 0 Å². The molecule has 0 aromatic heterocycles. The van der Waals surface area contributed by atoms with Gasteiger partial charge in [0, 0.05) is 15.5 Å². The minimum Gasteiger partial charge on any atom is -0.292 e. The van der Waals surface area contributed by atoms with Crippen molar-refractivity contribution < 1.29 is 4.79 Å². The van der Waals surface area contributed by atoms with E-state index in [2.05, 4.69) is 0 Å². The number of thioether (sulfide) groups is 1. The van der Waals surface area contributed by atoms with Crippen LogP contribution in [0.2, 0.25) is 5.02 Å². The maximum atomic E-state index is 11.7. The third kappa shape index (κ3) is 2.66. The van der Waals surface area contributed by atoms with Gasteiger partial charge in [-0.25, -0.2) is 0 Å². The summed E-state index contributed by atoms with van der Waals surface area (Å²) < 4.78 is 0. The highest BCUT2D eigenvalue weighted by Crippen LogP contribution is 2.25. The minimum atomic E-state index is -0.514. The second-order valence-corrected chi connectivity index (χ2v) is 4.76. The van der Waals surface area contributed by atoms with E-state index in [4.69, 9.17) is 23.2 Å². The van der Waals surface area contributed by atoms with E-state index in [1.807, 2.05) is 12.3 Å². The van der Waals surface area contributed by atoms with Crippen molar-refractivity contribution >= 4 is 40.7 Å². The zero-order chi connectivity index (χ0) is 10.7. The molecule has 0 spiro atoms. The van der Waals surface area contributed by atoms with E-state index >= 15 is 0 Å². The van der Waals surface area contributed by atoms with Gasteiger partial charge in [0.15, 0.2) is 5.78 Å². The molecule has 1 aromatic rings. The highest BCUT2D eigenvalue weighted by molar-refractivity contribution is 7.98. The zero-order valence-corrected chi connectivity index (χ0v) is 10.2. The Bertz CT molecular complexity index is 350. The Balaban J connectivity index is 3.17. The average Bonchev–Trinajstić information content (AvgIpc) is 2.16. The molecule has 1 aromatic carbocycles. The molecule has 0 fully saturated rings. The molecule has 0 bridgehead atoms. The number of hydrogen-bond donors (Lipinski definition) is 0. The van der Waals surface area contributed by atoms with Crippen molar-refractivity contribution in [2.24, 2.45) is 0 Å². The predicted molar refractivity (Wildman–Crippen MR) is 62.9 cm³/mol. The Hall–Kier alpha value is -0.180. The third-order valence-electron chi connectivity index (χ3n) is 1.79. The average molecular weight is 249 g/mol. The van der Waals surface area contributed by atoms with E-state index in [-0.39, 0.29) is 5.78 Å². The van der Waals surface area contributed by atoms with Crippen molar-refractivity contribution in [3.8, 4) is 0 Å². The van der Waals surface area contributed by atoms with Crippen LogP contribution in [0.25, 0.3) is 0 Å². The molecule has 76 valence electrons. The van der Waals surface area contributed by atoms with Crippen molar-refractivity contribution in [1.82, 2.24) is 0 Å². The Morgan fingerprint density at radius 1 is 1.50 bits per heavy atom. The second kappa shape index (κ2) is 5.06. The summed E-state index contributed by atoms with van der Waals surface area (Å²) in [5.41, 5.74) is 0.604. The van der Waals surface area contributed by atoms with E-state index in [9.17, 15) is 4.79 Å². The third-order valence-corrected chi connectivity index (χ3v) is 3.02. The van der Waals surface area contributed by atoms with Gasteiger partial charge in [0.2, 0.25) is 0 Å². The van der Waals surface area contributed by atoms with Crippen molar-refractivity contribution in [3.63, 3.8) is 0 Å². The molecule has 0 amide bonds. The molecule has 0 heterocycles. The van der Waals surface area contributed by atoms with Crippen molar-refractivity contribution in [3.05, 3.63) is 28.8 Å². The summed E-state index contributed by atoms with van der Waals surface area (Å²) in [6, 6.07) is 5.26. The summed E-state index contributed by atoms with van der Waals surface area (Å²) in [6.45, 7) is 1.66. The molecule has 0 aliphatic carbocycles. The molecule has 4 heteroatoms. The second-order valence-electron chi connectivity index (χ2n) is 2.82. The zero-order valence-electron chi connectivity index (χ0n) is 7.88. The molecule has 0 N–H and O–H groups in total. The molecule has 14 heavy (non-hydrogen) atoms. The lowest BCUT2D eigenvalue weighted by molar-refractivity contribution is 0.0989. The summed E-state index contributed by atoms with van der Waals surface area (Å²) in [5, 5.41) is 0.0443. The first-order chi connectivity index (χ1) is 6.56. The maximum Gasteiger partial charge on any atom is 0.181 e. The first-order valence-corrected chi connectivity index (χ1v) is 6.12. The molecule has 0 radical (unpaired) electrons. The van der Waals surface area contributed by atoms with Crippen LogP contribution in [-0.2, 0) is 0 Å². The summed E-state index contributed by atoms with van der Waals surface area (Å²) in [7, 11) is 0. The SMILES string of the molecule is CSc1ccc(Cl)cc1C(=O)C(C)Cl. The summed E-state index contributed by atoms with van der Waals surface area (Å²) in [5.74, 6) is -0.0847. The van der Waals surface area contributed by atoms with Gasteiger partial charge in [0.05, 0.1) is 5.38 Å². The van der Waals surface area contributed by atoms with Crippen LogP contribution in [0.4, 0.5) is 0 Å². The van der Waals surface area contributed by atoms with Crippen LogP contribution in [0.3, 0.4) is 0 Å². The van der Waals surface area contributed by atoms with Crippen LogP contribution in [0, 0.1) is 0 Å². The van der Waals surface area contributed by atoms with Gasteiger partial charge in [-0.1, -0.05) is 11.6 Å². The number of benzene rings is 1. The summed E-state index contributed by atoms with van der Waals surface area (Å²) in [4.78, 5) is 12.6. The molecule has 1 nitrogen and oxygen atoms in total. The molecule has 1 atom stereocenters. The number of Topliss-reactive ketones (excluding diaryl/α,β-unsaturated/α-hetero) is 1. The van der Waals surface area contributed by atoms with E-state index in [1.54, 1.807) is 19.1 Å². The number of ketones is 1. The number of hydrogen-bond acceptors (Lipinski definition) is 2. The molecule has 1 unspecified atom stereocenters. The van der Waals surface area contributed by atoms with Crippen LogP contribution < -0.4 is 0 Å². The maximum absolute atomic E-state index is 11.7. The Morgan fingerprint density at radius 2 is 2.14 bits per heavy atom.